The van der Waals surface area contributed by atoms with Crippen LogP contribution in [0, 0.1) is 5.92 Å². The fourth-order valence-corrected chi connectivity index (χ4v) is 5.00. The molecule has 34 heavy (non-hydrogen) atoms. The number of methoxy groups -OCH3 is 2. The number of para-hydroxylation sites is 1. The Bertz CT molecular complexity index is 1180. The van der Waals surface area contributed by atoms with Gasteiger partial charge in [0.2, 0.25) is 0 Å². The molecule has 6 nitrogen and oxygen atoms in total. The number of carboxylic acid groups (broad SMARTS) is 1. The average Bonchev–Trinajstić information content (AvgIpc) is 3.23. The van der Waals surface area contributed by atoms with Gasteiger partial charge >= 0.3 is 5.97 Å². The minimum Gasteiger partial charge on any atom is -0.496 e. The number of nitrogens with zero attached hydrogens (tertiary/aromatic N) is 1. The molecule has 0 aromatic heterocycles. The number of carboxylic acids is 1. The van der Waals surface area contributed by atoms with E-state index < -0.39 is 18.1 Å². The summed E-state index contributed by atoms with van der Waals surface area (Å²) in [5.41, 5.74) is 2.92. The second-order valence-electron chi connectivity index (χ2n) is 8.26. The zero-order valence-electron chi connectivity index (χ0n) is 19.0. The SMILES string of the molecule is COCC1CC(C(=O)O)N(C(=O)c2ccc(-c3ccccc3OC)cc2)C1c1ccccc1Cl. The van der Waals surface area contributed by atoms with Crippen LogP contribution in [0.25, 0.3) is 11.1 Å². The maximum absolute atomic E-state index is 13.7. The molecule has 1 saturated heterocycles. The summed E-state index contributed by atoms with van der Waals surface area (Å²) in [4.78, 5) is 27.4. The zero-order chi connectivity index (χ0) is 24.2. The number of hydrogen-bond acceptors (Lipinski definition) is 4. The molecule has 1 aliphatic rings. The van der Waals surface area contributed by atoms with Gasteiger partial charge in [0.25, 0.3) is 5.91 Å². The molecule has 3 aromatic rings. The smallest absolute Gasteiger partial charge is 0.326 e. The van der Waals surface area contributed by atoms with Crippen LogP contribution in [0.5, 0.6) is 5.75 Å². The summed E-state index contributed by atoms with van der Waals surface area (Å²) < 4.78 is 10.8. The molecule has 1 heterocycles. The van der Waals surface area contributed by atoms with E-state index in [1.807, 2.05) is 54.6 Å². The fourth-order valence-electron chi connectivity index (χ4n) is 4.75. The normalized spacial score (nSPS) is 19.7. The molecule has 3 unspecified atom stereocenters. The Labute approximate surface area is 203 Å². The summed E-state index contributed by atoms with van der Waals surface area (Å²) in [5, 5.41) is 10.5. The minimum absolute atomic E-state index is 0.206. The van der Waals surface area contributed by atoms with Gasteiger partial charge in [0.1, 0.15) is 11.8 Å². The zero-order valence-corrected chi connectivity index (χ0v) is 19.7. The third kappa shape index (κ3) is 4.52. The summed E-state index contributed by atoms with van der Waals surface area (Å²) in [6, 6.07) is 20.5. The number of benzene rings is 3. The quantitative estimate of drug-likeness (QED) is 0.496. The van der Waals surface area contributed by atoms with E-state index in [9.17, 15) is 14.7 Å². The second kappa shape index (κ2) is 10.3. The van der Waals surface area contributed by atoms with Gasteiger partial charge in [0.15, 0.2) is 0 Å². The molecule has 3 aromatic carbocycles. The number of aliphatic carboxylic acids is 1. The number of ether oxygens (including phenoxy) is 2. The number of likely N-dealkylation sites (tertiary alicyclic amines) is 1. The van der Waals surface area contributed by atoms with Crippen molar-refractivity contribution in [3.63, 3.8) is 0 Å². The van der Waals surface area contributed by atoms with Crippen LogP contribution < -0.4 is 4.74 Å². The van der Waals surface area contributed by atoms with Crippen molar-refractivity contribution in [2.24, 2.45) is 5.92 Å². The number of carbonyl (C=O) groups excluding carboxylic acids is 1. The van der Waals surface area contributed by atoms with E-state index in [-0.39, 0.29) is 18.2 Å². The van der Waals surface area contributed by atoms with E-state index in [2.05, 4.69) is 0 Å². The Morgan fingerprint density at radius 1 is 1.00 bits per heavy atom. The number of halogens is 1. The fraction of sp³-hybridized carbons (Fsp3) is 0.259. The van der Waals surface area contributed by atoms with Gasteiger partial charge in [-0.15, -0.1) is 0 Å². The number of hydrogen-bond donors (Lipinski definition) is 1. The Morgan fingerprint density at radius 3 is 2.32 bits per heavy atom. The van der Waals surface area contributed by atoms with Crippen molar-refractivity contribution < 1.29 is 24.2 Å². The Hall–Kier alpha value is -3.35. The lowest BCUT2D eigenvalue weighted by Gasteiger charge is -2.31. The molecule has 3 atom stereocenters. The second-order valence-corrected chi connectivity index (χ2v) is 8.67. The highest BCUT2D eigenvalue weighted by Gasteiger charge is 2.48. The monoisotopic (exact) mass is 479 g/mol. The lowest BCUT2D eigenvalue weighted by atomic mass is 9.93. The van der Waals surface area contributed by atoms with Gasteiger partial charge in [-0.1, -0.05) is 60.1 Å². The van der Waals surface area contributed by atoms with Crippen molar-refractivity contribution >= 4 is 23.5 Å². The first kappa shape index (κ1) is 23.8. The third-order valence-electron chi connectivity index (χ3n) is 6.28. The van der Waals surface area contributed by atoms with Crippen molar-refractivity contribution in [1.29, 1.82) is 0 Å². The van der Waals surface area contributed by atoms with Crippen molar-refractivity contribution in [2.45, 2.75) is 18.5 Å². The Balaban J connectivity index is 1.72. The van der Waals surface area contributed by atoms with E-state index in [1.165, 1.54) is 4.90 Å². The molecule has 176 valence electrons. The Morgan fingerprint density at radius 2 is 1.68 bits per heavy atom. The molecule has 0 aliphatic carbocycles. The van der Waals surface area contributed by atoms with Crippen LogP contribution in [0.4, 0.5) is 0 Å². The number of carbonyl (C=O) groups is 2. The maximum Gasteiger partial charge on any atom is 0.326 e. The van der Waals surface area contributed by atoms with Crippen LogP contribution in [0.3, 0.4) is 0 Å². The molecule has 1 N–H and O–H groups in total. The molecular weight excluding hydrogens is 454 g/mol. The molecule has 1 fully saturated rings. The van der Waals surface area contributed by atoms with Gasteiger partial charge in [-0.25, -0.2) is 4.79 Å². The van der Waals surface area contributed by atoms with E-state index >= 15 is 0 Å². The lowest BCUT2D eigenvalue weighted by molar-refractivity contribution is -0.141. The van der Waals surface area contributed by atoms with Gasteiger partial charge in [-0.3, -0.25) is 4.79 Å². The van der Waals surface area contributed by atoms with Gasteiger partial charge in [0, 0.05) is 29.2 Å². The van der Waals surface area contributed by atoms with Crippen molar-refractivity contribution in [1.82, 2.24) is 4.90 Å². The van der Waals surface area contributed by atoms with Gasteiger partial charge in [-0.2, -0.15) is 0 Å². The lowest BCUT2D eigenvalue weighted by Crippen LogP contribution is -2.42. The summed E-state index contributed by atoms with van der Waals surface area (Å²) in [5.74, 6) is -0.881. The van der Waals surface area contributed by atoms with Crippen LogP contribution in [0.15, 0.2) is 72.8 Å². The van der Waals surface area contributed by atoms with E-state index in [0.717, 1.165) is 16.9 Å². The molecule has 0 radical (unpaired) electrons. The highest BCUT2D eigenvalue weighted by atomic mass is 35.5. The summed E-state index contributed by atoms with van der Waals surface area (Å²) in [7, 11) is 3.18. The predicted molar refractivity (Wildman–Crippen MR) is 130 cm³/mol. The van der Waals surface area contributed by atoms with Crippen LogP contribution in [0.1, 0.15) is 28.4 Å². The van der Waals surface area contributed by atoms with E-state index in [0.29, 0.717) is 22.8 Å². The van der Waals surface area contributed by atoms with E-state index in [4.69, 9.17) is 21.1 Å². The maximum atomic E-state index is 13.7. The third-order valence-corrected chi connectivity index (χ3v) is 6.63. The molecule has 0 saturated carbocycles. The van der Waals surface area contributed by atoms with Crippen LogP contribution >= 0.6 is 11.6 Å². The van der Waals surface area contributed by atoms with Crippen molar-refractivity contribution in [3.8, 4) is 16.9 Å². The van der Waals surface area contributed by atoms with Crippen molar-refractivity contribution in [3.05, 3.63) is 88.9 Å². The average molecular weight is 480 g/mol. The molecule has 7 heteroatoms. The Kier molecular flexibility index (Phi) is 7.20. The largest absolute Gasteiger partial charge is 0.496 e. The predicted octanol–water partition coefficient (Wildman–Crippen LogP) is 5.32. The number of rotatable bonds is 7. The van der Waals surface area contributed by atoms with E-state index in [1.54, 1.807) is 32.4 Å². The molecule has 1 aliphatic heterocycles. The first-order valence-electron chi connectivity index (χ1n) is 11.0. The molecule has 0 spiro atoms. The summed E-state index contributed by atoms with van der Waals surface area (Å²) in [6.07, 6.45) is 0.282. The van der Waals surface area contributed by atoms with Crippen LogP contribution in [0.2, 0.25) is 5.02 Å². The highest BCUT2D eigenvalue weighted by molar-refractivity contribution is 6.31. The molecule has 0 bridgehead atoms. The topological polar surface area (TPSA) is 76.1 Å². The molecule has 1 amide bonds. The first-order valence-corrected chi connectivity index (χ1v) is 11.4. The highest BCUT2D eigenvalue weighted by Crippen LogP contribution is 2.44. The first-order chi connectivity index (χ1) is 16.5. The summed E-state index contributed by atoms with van der Waals surface area (Å²) >= 11 is 6.49. The van der Waals surface area contributed by atoms with Gasteiger partial charge in [-0.05, 0) is 41.8 Å². The van der Waals surface area contributed by atoms with Gasteiger partial charge in [0.05, 0.1) is 19.8 Å². The summed E-state index contributed by atoms with van der Waals surface area (Å²) in [6.45, 7) is 0.316. The van der Waals surface area contributed by atoms with Crippen LogP contribution in [-0.2, 0) is 9.53 Å². The van der Waals surface area contributed by atoms with Gasteiger partial charge < -0.3 is 19.5 Å². The molecule has 4 rings (SSSR count). The minimum atomic E-state index is -1.05. The van der Waals surface area contributed by atoms with Crippen molar-refractivity contribution in [2.75, 3.05) is 20.8 Å². The molecular formula is C27H26ClNO5. The standard InChI is InChI=1S/C27H26ClNO5/c1-33-16-19-15-23(27(31)32)29(25(19)21-8-3-5-9-22(21)28)26(30)18-13-11-17(12-14-18)20-7-4-6-10-24(20)34-2/h3-14,19,23,25H,15-16H2,1-2H3,(H,31,32). The number of amides is 1. The van der Waals surface area contributed by atoms with Crippen LogP contribution in [-0.4, -0.2) is 48.8 Å².